The minimum absolute atomic E-state index is 0.382. The van der Waals surface area contributed by atoms with Crippen LogP contribution in [-0.2, 0) is 49.0 Å². The van der Waals surface area contributed by atoms with Crippen LogP contribution >= 0.6 is 0 Å². The SMILES string of the molecule is C1=C[NH2+]C=N1.C[n+]1ccn(S(=O)(=O)F)c1.O=S(=O)(F)F.O=S(=O)(F)n1ccnc1.O=S(=O)([O-])F. The first-order valence-electron chi connectivity index (χ1n) is 7.33. The number of quaternary nitrogens is 1. The minimum Gasteiger partial charge on any atom is -0.722 e. The van der Waals surface area contributed by atoms with E-state index in [-0.39, 0.29) is 0 Å². The van der Waals surface area contributed by atoms with Crippen LogP contribution in [0, 0.1) is 0 Å². The molecule has 34 heavy (non-hydrogen) atoms. The lowest BCUT2D eigenvalue weighted by Crippen LogP contribution is -2.74. The summed E-state index contributed by atoms with van der Waals surface area (Å²) in [5.41, 5.74) is 0. The molecule has 2 aromatic rings. The van der Waals surface area contributed by atoms with Gasteiger partial charge in [0.25, 0.3) is 16.8 Å². The van der Waals surface area contributed by atoms with E-state index in [2.05, 4.69) is 9.98 Å². The molecule has 1 aliphatic heterocycles. The number of hydrogen-bond acceptors (Lipinski definition) is 11. The van der Waals surface area contributed by atoms with Crippen molar-refractivity contribution in [3.63, 3.8) is 0 Å². The van der Waals surface area contributed by atoms with Crippen molar-refractivity contribution in [2.24, 2.45) is 12.0 Å². The summed E-state index contributed by atoms with van der Waals surface area (Å²) in [5.74, 6) is 0. The normalized spacial score (nSPS) is 12.6. The van der Waals surface area contributed by atoms with Crippen LogP contribution in [0.3, 0.4) is 0 Å². The third kappa shape index (κ3) is 25.5. The molecule has 0 fully saturated rings. The van der Waals surface area contributed by atoms with E-state index in [0.29, 0.717) is 7.94 Å². The Morgan fingerprint density at radius 2 is 1.35 bits per heavy atom. The molecule has 0 aliphatic carbocycles. The van der Waals surface area contributed by atoms with Crippen molar-refractivity contribution in [3.8, 4) is 0 Å². The van der Waals surface area contributed by atoms with E-state index in [9.17, 15) is 36.3 Å². The average molecular weight is 586 g/mol. The molecule has 0 spiro atoms. The number of halogens is 5. The summed E-state index contributed by atoms with van der Waals surface area (Å²) < 4.78 is 138. The molecule has 0 atom stereocenters. The molecule has 0 radical (unpaired) electrons. The quantitative estimate of drug-likeness (QED) is 0.176. The van der Waals surface area contributed by atoms with E-state index in [4.69, 9.17) is 21.4 Å². The van der Waals surface area contributed by atoms with Crippen molar-refractivity contribution in [1.29, 1.82) is 0 Å². The number of aromatic nitrogens is 4. The first-order chi connectivity index (χ1) is 15.1. The van der Waals surface area contributed by atoms with Crippen molar-refractivity contribution >= 4 is 48.3 Å². The molecule has 0 bridgehead atoms. The van der Waals surface area contributed by atoms with Crippen LogP contribution in [0.2, 0.25) is 0 Å². The smallest absolute Gasteiger partial charge is 0.480 e. The second kappa shape index (κ2) is 14.5. The van der Waals surface area contributed by atoms with Crippen LogP contribution < -0.4 is 9.88 Å². The monoisotopic (exact) mass is 585 g/mol. The highest BCUT2D eigenvalue weighted by atomic mass is 32.3. The van der Waals surface area contributed by atoms with Gasteiger partial charge in [0.1, 0.15) is 24.9 Å². The Balaban J connectivity index is 0. The molecule has 3 rings (SSSR count). The Kier molecular flexibility index (Phi) is 14.2. The van der Waals surface area contributed by atoms with Gasteiger partial charge in [-0.3, -0.25) is 5.32 Å². The van der Waals surface area contributed by atoms with Crippen LogP contribution in [0.4, 0.5) is 19.4 Å². The van der Waals surface area contributed by atoms with Crippen LogP contribution in [0.15, 0.2) is 54.8 Å². The average Bonchev–Trinajstić information content (AvgIpc) is 3.36. The predicted octanol–water partition coefficient (Wildman–Crippen LogP) is -2.03. The van der Waals surface area contributed by atoms with Crippen molar-refractivity contribution in [2.75, 3.05) is 0 Å². The molecule has 0 aromatic carbocycles. The highest BCUT2D eigenvalue weighted by Gasteiger charge is 2.16. The zero-order valence-corrected chi connectivity index (χ0v) is 19.5. The third-order valence-electron chi connectivity index (χ3n) is 2.18. The molecular weight excluding hydrogens is 571 g/mol. The van der Waals surface area contributed by atoms with Gasteiger partial charge >= 0.3 is 31.4 Å². The lowest BCUT2D eigenvalue weighted by atomic mass is 10.9. The third-order valence-corrected chi connectivity index (χ3v) is 3.62. The number of hydrogen-bond donors (Lipinski definition) is 1. The lowest BCUT2D eigenvalue weighted by Gasteiger charge is -1.87. The molecule has 3 heterocycles. The molecule has 24 heteroatoms. The molecule has 2 N–H and O–H groups in total. The maximum Gasteiger partial charge on any atom is 0.480 e. The Labute approximate surface area is 190 Å². The highest BCUT2D eigenvalue weighted by Crippen LogP contribution is 1.95. The molecule has 0 saturated heterocycles. The highest BCUT2D eigenvalue weighted by molar-refractivity contribution is 7.85. The molecule has 0 saturated carbocycles. The van der Waals surface area contributed by atoms with Gasteiger partial charge in [0.05, 0.1) is 13.2 Å². The van der Waals surface area contributed by atoms with E-state index >= 15 is 0 Å². The fourth-order valence-corrected chi connectivity index (χ4v) is 2.01. The zero-order valence-electron chi connectivity index (χ0n) is 16.2. The van der Waals surface area contributed by atoms with Crippen LogP contribution in [0.1, 0.15) is 0 Å². The number of nitrogens with two attached hydrogens (primary N) is 1. The summed E-state index contributed by atoms with van der Waals surface area (Å²) in [6, 6.07) is 0. The Morgan fingerprint density at radius 1 is 0.882 bits per heavy atom. The van der Waals surface area contributed by atoms with Crippen LogP contribution in [0.5, 0.6) is 0 Å². The maximum absolute atomic E-state index is 12.1. The molecular formula is C10H14F5N6O9S4+. The first-order valence-corrected chi connectivity index (χ1v) is 12.6. The standard InChI is InChI=1S/C4H6FN2O2S.C3H3FN2O2S.C3H4N2.F2O2S.FHO3S/c1-6-2-3-7(4-6)10(5,8)9;4-9(7,8)6-2-1-5-3-6;1-2-5-3-4-1;2*1-5(2,3)4/h2-4H,1H3;1-3H;1-3H,(H,4,5);;(H,2,3,4)/q+1;;;;. The summed E-state index contributed by atoms with van der Waals surface area (Å²) in [6.45, 7) is 0. The van der Waals surface area contributed by atoms with E-state index < -0.39 is 41.9 Å². The molecule has 2 aromatic heterocycles. The van der Waals surface area contributed by atoms with Crippen LogP contribution in [0.25, 0.3) is 0 Å². The van der Waals surface area contributed by atoms with Gasteiger partial charge in [-0.2, -0.15) is 25.3 Å². The van der Waals surface area contributed by atoms with Crippen molar-refractivity contribution in [3.05, 3.63) is 49.8 Å². The van der Waals surface area contributed by atoms with Gasteiger partial charge < -0.3 is 4.55 Å². The van der Waals surface area contributed by atoms with Crippen LogP contribution in [-0.4, -0.2) is 57.5 Å². The summed E-state index contributed by atoms with van der Waals surface area (Å²) >= 11 is 0. The molecule has 1 aliphatic rings. The number of aliphatic imine (C=N–C) groups is 1. The second-order valence-electron chi connectivity index (χ2n) is 4.79. The van der Waals surface area contributed by atoms with Gasteiger partial charge in [0, 0.05) is 12.4 Å². The van der Waals surface area contributed by atoms with E-state index in [1.54, 1.807) is 19.6 Å². The van der Waals surface area contributed by atoms with Crippen molar-refractivity contribution in [2.45, 2.75) is 0 Å². The molecule has 0 amide bonds. The van der Waals surface area contributed by atoms with Crippen molar-refractivity contribution < 1.29 is 67.5 Å². The van der Waals surface area contributed by atoms with E-state index in [1.807, 2.05) is 11.5 Å². The Hall–Kier alpha value is -2.80. The Bertz CT molecular complexity index is 1300. The zero-order chi connectivity index (χ0) is 27.2. The van der Waals surface area contributed by atoms with Gasteiger partial charge in [0.2, 0.25) is 0 Å². The minimum atomic E-state index is -5.67. The maximum atomic E-state index is 12.1. The molecule has 196 valence electrons. The predicted molar refractivity (Wildman–Crippen MR) is 100 cm³/mol. The fourth-order valence-electron chi connectivity index (χ4n) is 1.18. The number of nitrogens with zero attached hydrogens (tertiary/aromatic N) is 5. The first kappa shape index (κ1) is 33.4. The molecule has 0 unspecified atom stereocenters. The summed E-state index contributed by atoms with van der Waals surface area (Å²) in [7, 11) is -18.7. The summed E-state index contributed by atoms with van der Waals surface area (Å²) in [6.07, 6.45) is 12.1. The number of aryl methyl sites for hydroxylation is 1. The second-order valence-corrected chi connectivity index (χ2v) is 8.82. The topological polar surface area (TPSA) is 215 Å². The number of imidazole rings is 2. The largest absolute Gasteiger partial charge is 0.722 e. The van der Waals surface area contributed by atoms with E-state index in [1.165, 1.54) is 17.0 Å². The lowest BCUT2D eigenvalue weighted by molar-refractivity contribution is -0.670. The van der Waals surface area contributed by atoms with Gasteiger partial charge in [-0.15, -0.1) is 3.89 Å². The van der Waals surface area contributed by atoms with Gasteiger partial charge in [-0.25, -0.2) is 26.9 Å². The molecule has 15 nitrogen and oxygen atoms in total. The summed E-state index contributed by atoms with van der Waals surface area (Å²) in [4.78, 5) is 7.05. The fraction of sp³-hybridized carbons (Fsp3) is 0.100. The summed E-state index contributed by atoms with van der Waals surface area (Å²) in [5, 5.41) is 1.89. The van der Waals surface area contributed by atoms with Crippen molar-refractivity contribution in [1.82, 2.24) is 12.9 Å². The van der Waals surface area contributed by atoms with Gasteiger partial charge in [-0.05, 0) is 0 Å². The Morgan fingerprint density at radius 3 is 1.50 bits per heavy atom. The van der Waals surface area contributed by atoms with E-state index in [0.717, 1.165) is 25.0 Å². The van der Waals surface area contributed by atoms with Gasteiger partial charge in [0.15, 0.2) is 6.34 Å². The number of rotatable bonds is 2. The van der Waals surface area contributed by atoms with Gasteiger partial charge in [-0.1, -0.05) is 19.5 Å².